The summed E-state index contributed by atoms with van der Waals surface area (Å²) in [6, 6.07) is 10.5. The van der Waals surface area contributed by atoms with E-state index in [2.05, 4.69) is 14.9 Å². The van der Waals surface area contributed by atoms with Gasteiger partial charge in [0, 0.05) is 21.5 Å². The molecule has 3 aromatic rings. The largest absolute Gasteiger partial charge is 0.349 e. The number of rotatable bonds is 5. The fourth-order valence-electron chi connectivity index (χ4n) is 2.84. The molecule has 0 radical (unpaired) electrons. The predicted molar refractivity (Wildman–Crippen MR) is 113 cm³/mol. The van der Waals surface area contributed by atoms with Gasteiger partial charge in [-0.3, -0.25) is 14.5 Å². The molecule has 0 aliphatic rings. The maximum atomic E-state index is 13.4. The van der Waals surface area contributed by atoms with Gasteiger partial charge in [-0.1, -0.05) is 28.8 Å². The van der Waals surface area contributed by atoms with Gasteiger partial charge in [-0.15, -0.1) is 16.4 Å². The first-order chi connectivity index (χ1) is 13.3. The molecular formula is C20H22N4O2S2. The topological polar surface area (TPSA) is 75.2 Å². The Morgan fingerprint density at radius 2 is 1.89 bits per heavy atom. The van der Waals surface area contributed by atoms with Gasteiger partial charge in [-0.05, 0) is 62.3 Å². The van der Waals surface area contributed by atoms with Crippen LogP contribution in [0.3, 0.4) is 0 Å². The van der Waals surface area contributed by atoms with Crippen LogP contribution >= 0.6 is 22.9 Å². The zero-order chi connectivity index (χ0) is 20.3. The monoisotopic (exact) mass is 414 g/mol. The molecule has 0 aliphatic carbocycles. The molecule has 2 aromatic heterocycles. The number of anilines is 1. The number of nitrogens with one attached hydrogen (secondary N) is 1. The summed E-state index contributed by atoms with van der Waals surface area (Å²) in [7, 11) is 0. The number of aryl methyl sites for hydroxylation is 1. The third-order valence-electron chi connectivity index (χ3n) is 3.99. The summed E-state index contributed by atoms with van der Waals surface area (Å²) in [5, 5.41) is 10.5. The number of benzene rings is 1. The Hall–Kier alpha value is -2.58. The summed E-state index contributed by atoms with van der Waals surface area (Å²) in [5.74, 6) is -0.597. The van der Waals surface area contributed by atoms with E-state index in [0.717, 1.165) is 22.0 Å². The molecule has 0 unspecified atom stereocenters. The summed E-state index contributed by atoms with van der Waals surface area (Å²) >= 11 is 2.55. The van der Waals surface area contributed by atoms with E-state index in [1.54, 1.807) is 5.38 Å². The van der Waals surface area contributed by atoms with Crippen LogP contribution in [-0.2, 0) is 4.79 Å². The zero-order valence-electron chi connectivity index (χ0n) is 16.2. The van der Waals surface area contributed by atoms with Gasteiger partial charge in [0.2, 0.25) is 5.91 Å². The third kappa shape index (κ3) is 4.45. The minimum atomic E-state index is -0.811. The number of thiophene rings is 1. The van der Waals surface area contributed by atoms with E-state index in [1.165, 1.54) is 16.2 Å². The second-order valence-corrected chi connectivity index (χ2v) is 9.00. The Morgan fingerprint density at radius 3 is 2.46 bits per heavy atom. The van der Waals surface area contributed by atoms with Gasteiger partial charge >= 0.3 is 0 Å². The molecule has 0 bridgehead atoms. The SMILES string of the molecule is Cc1ccccc1N(C(=O)c1csnn1)[C@H](C(=O)NC(C)(C)C)c1cccs1. The lowest BCUT2D eigenvalue weighted by molar-refractivity contribution is -0.123. The molecule has 0 spiro atoms. The molecule has 2 heterocycles. The Bertz CT molecular complexity index is 947. The van der Waals surface area contributed by atoms with E-state index in [-0.39, 0.29) is 17.5 Å². The Kier molecular flexibility index (Phi) is 5.90. The second-order valence-electron chi connectivity index (χ2n) is 7.41. The third-order valence-corrected chi connectivity index (χ3v) is 5.42. The van der Waals surface area contributed by atoms with Gasteiger partial charge < -0.3 is 5.32 Å². The fourth-order valence-corrected chi connectivity index (χ4v) is 4.08. The lowest BCUT2D eigenvalue weighted by Crippen LogP contribution is -2.49. The van der Waals surface area contributed by atoms with Crippen LogP contribution in [-0.4, -0.2) is 26.9 Å². The Labute approximate surface area is 172 Å². The molecule has 28 heavy (non-hydrogen) atoms. The van der Waals surface area contributed by atoms with Crippen LogP contribution in [0.2, 0.25) is 0 Å². The number of hydrogen-bond donors (Lipinski definition) is 1. The molecule has 0 fully saturated rings. The summed E-state index contributed by atoms with van der Waals surface area (Å²) in [5.41, 5.74) is 1.35. The quantitative estimate of drug-likeness (QED) is 0.679. The number of carbonyl (C=O) groups excluding carboxylic acids is 2. The van der Waals surface area contributed by atoms with Gasteiger partial charge in [-0.25, -0.2) is 0 Å². The summed E-state index contributed by atoms with van der Waals surface area (Å²) in [4.78, 5) is 29.1. The van der Waals surface area contributed by atoms with Crippen LogP contribution in [0.1, 0.15) is 47.7 Å². The normalized spacial score (nSPS) is 12.4. The molecule has 8 heteroatoms. The van der Waals surface area contributed by atoms with Crippen LogP contribution < -0.4 is 10.2 Å². The first-order valence-electron chi connectivity index (χ1n) is 8.79. The summed E-state index contributed by atoms with van der Waals surface area (Å²) < 4.78 is 3.81. The van der Waals surface area contributed by atoms with E-state index in [9.17, 15) is 9.59 Å². The van der Waals surface area contributed by atoms with Crippen molar-refractivity contribution in [2.24, 2.45) is 0 Å². The number of hydrogen-bond acceptors (Lipinski definition) is 6. The fraction of sp³-hybridized carbons (Fsp3) is 0.300. The van der Waals surface area contributed by atoms with Crippen molar-refractivity contribution >= 4 is 40.4 Å². The Morgan fingerprint density at radius 1 is 1.14 bits per heavy atom. The molecule has 6 nitrogen and oxygen atoms in total. The van der Waals surface area contributed by atoms with Crippen molar-refractivity contribution < 1.29 is 9.59 Å². The van der Waals surface area contributed by atoms with Crippen molar-refractivity contribution in [1.82, 2.24) is 14.9 Å². The van der Waals surface area contributed by atoms with Gasteiger partial charge in [-0.2, -0.15) is 0 Å². The predicted octanol–water partition coefficient (Wildman–Crippen LogP) is 4.21. The van der Waals surface area contributed by atoms with E-state index in [1.807, 2.05) is 69.5 Å². The number of aromatic nitrogens is 2. The lowest BCUT2D eigenvalue weighted by Gasteiger charge is -2.33. The van der Waals surface area contributed by atoms with Gasteiger partial charge in [0.05, 0.1) is 0 Å². The van der Waals surface area contributed by atoms with Gasteiger partial charge in [0.1, 0.15) is 0 Å². The van der Waals surface area contributed by atoms with Gasteiger partial charge in [0.15, 0.2) is 11.7 Å². The highest BCUT2D eigenvalue weighted by atomic mass is 32.1. The number of para-hydroxylation sites is 1. The van der Waals surface area contributed by atoms with Crippen molar-refractivity contribution in [3.63, 3.8) is 0 Å². The molecule has 0 saturated carbocycles. The lowest BCUT2D eigenvalue weighted by atomic mass is 10.0. The minimum Gasteiger partial charge on any atom is -0.349 e. The molecule has 1 atom stereocenters. The highest BCUT2D eigenvalue weighted by Crippen LogP contribution is 2.34. The number of nitrogens with zero attached hydrogens (tertiary/aromatic N) is 3. The number of carbonyl (C=O) groups is 2. The van der Waals surface area contributed by atoms with Crippen molar-refractivity contribution in [1.29, 1.82) is 0 Å². The maximum Gasteiger partial charge on any atom is 0.280 e. The summed E-state index contributed by atoms with van der Waals surface area (Å²) in [6.07, 6.45) is 0. The smallest absolute Gasteiger partial charge is 0.280 e. The maximum absolute atomic E-state index is 13.4. The van der Waals surface area contributed by atoms with Crippen molar-refractivity contribution in [3.8, 4) is 0 Å². The van der Waals surface area contributed by atoms with Crippen molar-refractivity contribution in [3.05, 3.63) is 63.3 Å². The highest BCUT2D eigenvalue weighted by Gasteiger charge is 2.36. The van der Waals surface area contributed by atoms with Crippen LogP contribution in [0.15, 0.2) is 47.2 Å². The highest BCUT2D eigenvalue weighted by molar-refractivity contribution is 7.10. The van der Waals surface area contributed by atoms with Crippen LogP contribution in [0.4, 0.5) is 5.69 Å². The summed E-state index contributed by atoms with van der Waals surface area (Å²) in [6.45, 7) is 7.67. The molecule has 1 N–H and O–H groups in total. The van der Waals surface area contributed by atoms with E-state index >= 15 is 0 Å². The Balaban J connectivity index is 2.15. The van der Waals surface area contributed by atoms with Crippen LogP contribution in [0.25, 0.3) is 0 Å². The molecule has 0 aliphatic heterocycles. The molecular weight excluding hydrogens is 392 g/mol. The molecule has 146 valence electrons. The van der Waals surface area contributed by atoms with E-state index in [4.69, 9.17) is 0 Å². The van der Waals surface area contributed by atoms with E-state index in [0.29, 0.717) is 5.69 Å². The first-order valence-corrected chi connectivity index (χ1v) is 10.5. The van der Waals surface area contributed by atoms with Crippen LogP contribution in [0.5, 0.6) is 0 Å². The molecule has 2 amide bonds. The van der Waals surface area contributed by atoms with E-state index < -0.39 is 11.6 Å². The van der Waals surface area contributed by atoms with Gasteiger partial charge in [0.25, 0.3) is 5.91 Å². The molecule has 1 aromatic carbocycles. The standard InChI is InChI=1S/C20H22N4O2S2/c1-13-8-5-6-9-15(13)24(19(26)14-12-28-23-22-14)17(16-10-7-11-27-16)18(25)21-20(2,3)4/h5-12,17H,1-4H3,(H,21,25)/t17-/m0/s1. The average molecular weight is 415 g/mol. The zero-order valence-corrected chi connectivity index (χ0v) is 17.8. The van der Waals surface area contributed by atoms with Crippen molar-refractivity contribution in [2.75, 3.05) is 4.90 Å². The second kappa shape index (κ2) is 8.20. The first kappa shape index (κ1) is 20.2. The minimum absolute atomic E-state index is 0.221. The molecule has 3 rings (SSSR count). The average Bonchev–Trinajstić information content (AvgIpc) is 3.32. The van der Waals surface area contributed by atoms with Crippen LogP contribution in [0, 0.1) is 6.92 Å². The number of amides is 2. The molecule has 0 saturated heterocycles. The van der Waals surface area contributed by atoms with Crippen molar-refractivity contribution in [2.45, 2.75) is 39.3 Å².